The van der Waals surface area contributed by atoms with Crippen molar-refractivity contribution in [1.29, 1.82) is 0 Å². The van der Waals surface area contributed by atoms with Crippen LogP contribution in [0, 0.1) is 0 Å². The fourth-order valence-electron chi connectivity index (χ4n) is 12.3. The van der Waals surface area contributed by atoms with E-state index in [1.807, 2.05) is 0 Å². The molecular formula is C79H151NO5. The highest BCUT2D eigenvalue weighted by molar-refractivity contribution is 5.76. The van der Waals surface area contributed by atoms with Crippen molar-refractivity contribution in [2.75, 3.05) is 13.2 Å². The van der Waals surface area contributed by atoms with E-state index < -0.39 is 12.1 Å². The molecule has 0 aliphatic rings. The van der Waals surface area contributed by atoms with Crippen LogP contribution < -0.4 is 5.32 Å². The molecule has 6 nitrogen and oxygen atoms in total. The maximum absolute atomic E-state index is 12.6. The molecule has 3 N–H and O–H groups in total. The zero-order valence-corrected chi connectivity index (χ0v) is 57.6. The first-order valence-electron chi connectivity index (χ1n) is 38.7. The van der Waals surface area contributed by atoms with E-state index in [4.69, 9.17) is 4.74 Å². The van der Waals surface area contributed by atoms with Crippen molar-refractivity contribution >= 4 is 11.9 Å². The quantitative estimate of drug-likeness (QED) is 0.0320. The molecule has 0 aliphatic heterocycles. The number of amides is 1. The van der Waals surface area contributed by atoms with E-state index in [2.05, 4.69) is 55.6 Å². The van der Waals surface area contributed by atoms with Crippen LogP contribution in [0.25, 0.3) is 0 Å². The Morgan fingerprint density at radius 2 is 0.588 bits per heavy atom. The van der Waals surface area contributed by atoms with E-state index >= 15 is 0 Å². The van der Waals surface area contributed by atoms with E-state index in [9.17, 15) is 19.8 Å². The highest BCUT2D eigenvalue weighted by atomic mass is 16.5. The zero-order chi connectivity index (χ0) is 61.3. The van der Waals surface area contributed by atoms with Gasteiger partial charge in [0.15, 0.2) is 0 Å². The lowest BCUT2D eigenvalue weighted by Gasteiger charge is -2.22. The molecule has 502 valence electrons. The lowest BCUT2D eigenvalue weighted by Crippen LogP contribution is -2.45. The van der Waals surface area contributed by atoms with Gasteiger partial charge in [-0.2, -0.15) is 0 Å². The van der Waals surface area contributed by atoms with Crippen LogP contribution in [-0.2, 0) is 14.3 Å². The van der Waals surface area contributed by atoms with Crippen molar-refractivity contribution in [2.45, 2.75) is 443 Å². The number of esters is 1. The number of aliphatic hydroxyl groups is 2. The van der Waals surface area contributed by atoms with Gasteiger partial charge < -0.3 is 20.3 Å². The molecule has 85 heavy (non-hydrogen) atoms. The first-order chi connectivity index (χ1) is 42.0. The van der Waals surface area contributed by atoms with Gasteiger partial charge in [0.05, 0.1) is 25.4 Å². The molecule has 0 bridgehead atoms. The van der Waals surface area contributed by atoms with Crippen molar-refractivity contribution < 1.29 is 24.5 Å². The molecule has 0 rings (SSSR count). The number of unbranched alkanes of at least 4 members (excludes halogenated alkanes) is 56. The van der Waals surface area contributed by atoms with Crippen molar-refractivity contribution in [3.05, 3.63) is 36.5 Å². The minimum absolute atomic E-state index is 0.0115. The Morgan fingerprint density at radius 3 is 0.929 bits per heavy atom. The lowest BCUT2D eigenvalue weighted by atomic mass is 10.0. The molecule has 0 aromatic carbocycles. The van der Waals surface area contributed by atoms with Crippen LogP contribution in [0.2, 0.25) is 0 Å². The molecule has 0 radical (unpaired) electrons. The summed E-state index contributed by atoms with van der Waals surface area (Å²) in [5.41, 5.74) is 0. The van der Waals surface area contributed by atoms with Crippen LogP contribution in [0.4, 0.5) is 0 Å². The summed E-state index contributed by atoms with van der Waals surface area (Å²) in [5, 5.41) is 23.5. The van der Waals surface area contributed by atoms with Crippen molar-refractivity contribution in [3.8, 4) is 0 Å². The topological polar surface area (TPSA) is 95.9 Å². The fourth-order valence-corrected chi connectivity index (χ4v) is 12.3. The number of rotatable bonds is 73. The van der Waals surface area contributed by atoms with Gasteiger partial charge in [-0.25, -0.2) is 0 Å². The monoisotopic (exact) mass is 1190 g/mol. The maximum atomic E-state index is 12.6. The van der Waals surface area contributed by atoms with Gasteiger partial charge >= 0.3 is 5.97 Å². The van der Waals surface area contributed by atoms with Crippen molar-refractivity contribution in [3.63, 3.8) is 0 Å². The average molecular weight is 1200 g/mol. The molecule has 0 fully saturated rings. The van der Waals surface area contributed by atoms with Crippen LogP contribution in [-0.4, -0.2) is 47.4 Å². The molecule has 0 aromatic heterocycles. The lowest BCUT2D eigenvalue weighted by molar-refractivity contribution is -0.143. The van der Waals surface area contributed by atoms with Gasteiger partial charge in [0, 0.05) is 12.8 Å². The minimum Gasteiger partial charge on any atom is -0.466 e. The number of allylic oxidation sites excluding steroid dienone is 6. The first kappa shape index (κ1) is 83.1. The Balaban J connectivity index is 3.38. The molecular weight excluding hydrogens is 1040 g/mol. The number of hydrogen-bond acceptors (Lipinski definition) is 5. The average Bonchev–Trinajstić information content (AvgIpc) is 3.51. The summed E-state index contributed by atoms with van der Waals surface area (Å²) in [6.45, 7) is 4.97. The number of nitrogens with one attached hydrogen (secondary N) is 1. The SMILES string of the molecule is CCCCC/C=C\C/C=C\CCCCCCCCCCCC(=O)OCCCCCCCCCCCCCC/C=C\CCCCCCCCCCCCC(=O)NC(CO)C(O)CCCCCCCCCCCCCCCCCCCCCCCCC. The predicted octanol–water partition coefficient (Wildman–Crippen LogP) is 25.4. The van der Waals surface area contributed by atoms with Gasteiger partial charge in [-0.15, -0.1) is 0 Å². The van der Waals surface area contributed by atoms with Crippen LogP contribution in [0.15, 0.2) is 36.5 Å². The van der Waals surface area contributed by atoms with Gasteiger partial charge in [0.1, 0.15) is 0 Å². The number of aliphatic hydroxyl groups excluding tert-OH is 2. The van der Waals surface area contributed by atoms with E-state index in [0.717, 1.165) is 51.4 Å². The second-order valence-corrected chi connectivity index (χ2v) is 26.7. The number of carbonyl (C=O) groups is 2. The predicted molar refractivity (Wildman–Crippen MR) is 375 cm³/mol. The highest BCUT2D eigenvalue weighted by Crippen LogP contribution is 2.19. The summed E-state index contributed by atoms with van der Waals surface area (Å²) in [5.74, 6) is -0.0205. The van der Waals surface area contributed by atoms with Crippen LogP contribution in [0.3, 0.4) is 0 Å². The second kappa shape index (κ2) is 74.5. The van der Waals surface area contributed by atoms with Gasteiger partial charge in [-0.1, -0.05) is 371 Å². The molecule has 0 heterocycles. The standard InChI is InChI=1S/C79H151NO5/c1-3-5-7-9-11-13-15-17-19-21-23-24-29-32-36-39-43-47-51-55-59-63-67-71-77(82)76(75-81)80-78(83)72-68-64-60-56-52-48-44-40-37-33-30-27-25-26-28-31-34-38-42-46-50-54-58-62-66-70-74-85-79(84)73-69-65-61-57-53-49-45-41-35-22-20-18-16-14-12-10-8-6-4-2/h12,14,18,20,25,27,76-77,81-82H,3-11,13,15-17,19,21-24,26,28-75H2,1-2H3,(H,80,83)/b14-12-,20-18-,27-25-. The molecule has 0 aliphatic carbocycles. The Labute approximate surface area is 532 Å². The van der Waals surface area contributed by atoms with Crippen LogP contribution in [0.1, 0.15) is 431 Å². The van der Waals surface area contributed by atoms with Crippen LogP contribution in [0.5, 0.6) is 0 Å². The normalized spacial score (nSPS) is 12.7. The van der Waals surface area contributed by atoms with Crippen LogP contribution >= 0.6 is 0 Å². The number of hydrogen-bond donors (Lipinski definition) is 3. The summed E-state index contributed by atoms with van der Waals surface area (Å²) in [6.07, 6.45) is 96.4. The number of ether oxygens (including phenoxy) is 1. The fraction of sp³-hybridized carbons (Fsp3) is 0.899. The molecule has 0 spiro atoms. The summed E-state index contributed by atoms with van der Waals surface area (Å²) >= 11 is 0. The maximum Gasteiger partial charge on any atom is 0.305 e. The summed E-state index contributed by atoms with van der Waals surface area (Å²) in [4.78, 5) is 24.7. The molecule has 1 amide bonds. The second-order valence-electron chi connectivity index (χ2n) is 26.7. The van der Waals surface area contributed by atoms with E-state index in [0.29, 0.717) is 25.9 Å². The molecule has 2 unspecified atom stereocenters. The Kier molecular flexibility index (Phi) is 72.9. The largest absolute Gasteiger partial charge is 0.466 e. The van der Waals surface area contributed by atoms with Crippen molar-refractivity contribution in [1.82, 2.24) is 5.32 Å². The third kappa shape index (κ3) is 71.0. The minimum atomic E-state index is -0.667. The summed E-state index contributed by atoms with van der Waals surface area (Å²) in [6, 6.07) is -0.545. The van der Waals surface area contributed by atoms with Gasteiger partial charge in [0.2, 0.25) is 5.91 Å². The van der Waals surface area contributed by atoms with Gasteiger partial charge in [0.25, 0.3) is 0 Å². The smallest absolute Gasteiger partial charge is 0.305 e. The summed E-state index contributed by atoms with van der Waals surface area (Å²) < 4.78 is 5.51. The molecule has 6 heteroatoms. The summed E-state index contributed by atoms with van der Waals surface area (Å²) in [7, 11) is 0. The van der Waals surface area contributed by atoms with E-state index in [1.165, 1.54) is 347 Å². The zero-order valence-electron chi connectivity index (χ0n) is 57.6. The van der Waals surface area contributed by atoms with Gasteiger partial charge in [-0.3, -0.25) is 9.59 Å². The highest BCUT2D eigenvalue weighted by Gasteiger charge is 2.20. The van der Waals surface area contributed by atoms with Gasteiger partial charge in [-0.05, 0) is 83.5 Å². The van der Waals surface area contributed by atoms with E-state index in [-0.39, 0.29) is 18.5 Å². The Hall–Kier alpha value is -1.92. The Morgan fingerprint density at radius 1 is 0.329 bits per heavy atom. The first-order valence-corrected chi connectivity index (χ1v) is 38.7. The molecule has 0 aromatic rings. The van der Waals surface area contributed by atoms with Crippen molar-refractivity contribution in [2.24, 2.45) is 0 Å². The molecule has 0 saturated carbocycles. The number of carbonyl (C=O) groups excluding carboxylic acids is 2. The molecule has 2 atom stereocenters. The Bertz CT molecular complexity index is 1380. The molecule has 0 saturated heterocycles. The third-order valence-electron chi connectivity index (χ3n) is 18.2. The van der Waals surface area contributed by atoms with E-state index in [1.54, 1.807) is 0 Å². The third-order valence-corrected chi connectivity index (χ3v) is 18.2.